The molecule has 7 heteroatoms. The molecule has 0 aliphatic heterocycles. The van der Waals surface area contributed by atoms with Gasteiger partial charge in [0.25, 0.3) is 0 Å². The van der Waals surface area contributed by atoms with Crippen LogP contribution in [-0.4, -0.2) is 31.6 Å². The van der Waals surface area contributed by atoms with Crippen molar-refractivity contribution in [3.63, 3.8) is 0 Å². The number of hydrogen-bond acceptors (Lipinski definition) is 6. The van der Waals surface area contributed by atoms with Crippen LogP contribution in [0.1, 0.15) is 5.56 Å². The van der Waals surface area contributed by atoms with E-state index >= 15 is 0 Å². The van der Waals surface area contributed by atoms with Gasteiger partial charge in [-0.3, -0.25) is 0 Å². The van der Waals surface area contributed by atoms with E-state index in [1.807, 2.05) is 30.3 Å². The van der Waals surface area contributed by atoms with Crippen LogP contribution in [0.4, 0.5) is 0 Å². The van der Waals surface area contributed by atoms with Crippen LogP contribution in [0.5, 0.6) is 23.0 Å². The summed E-state index contributed by atoms with van der Waals surface area (Å²) >= 11 is 0. The maximum Gasteiger partial charge on any atom is 0.707 e. The Balaban J connectivity index is 2.26. The lowest BCUT2D eigenvalue weighted by molar-refractivity contribution is 0.267. The maximum atomic E-state index is 8.92. The van der Waals surface area contributed by atoms with Crippen molar-refractivity contribution >= 4 is 7.32 Å². The van der Waals surface area contributed by atoms with Crippen LogP contribution in [0.3, 0.4) is 0 Å². The van der Waals surface area contributed by atoms with Crippen LogP contribution >= 0.6 is 0 Å². The molecule has 22 heavy (non-hydrogen) atoms. The molecule has 0 spiro atoms. The van der Waals surface area contributed by atoms with E-state index in [0.29, 0.717) is 23.9 Å². The first kappa shape index (κ1) is 16.0. The minimum atomic E-state index is -1.93. The fourth-order valence-electron chi connectivity index (χ4n) is 1.94. The molecular weight excluding hydrogens is 287 g/mol. The standard InChI is InChI=1S/C15H17BO6/c1-19-13-8-12(22-16(17)18)9-14(15(13)20-2)21-10-11-6-4-3-5-7-11/h3-9,17-18H,10H2,1-2H3. The molecule has 0 heterocycles. The Morgan fingerprint density at radius 1 is 0.955 bits per heavy atom. The summed E-state index contributed by atoms with van der Waals surface area (Å²) < 4.78 is 21.1. The van der Waals surface area contributed by atoms with Gasteiger partial charge in [0.05, 0.1) is 14.2 Å². The molecule has 0 amide bonds. The highest BCUT2D eigenvalue weighted by Gasteiger charge is 2.18. The maximum absolute atomic E-state index is 8.92. The van der Waals surface area contributed by atoms with Crippen molar-refractivity contribution in [2.75, 3.05) is 14.2 Å². The first-order chi connectivity index (χ1) is 10.6. The van der Waals surface area contributed by atoms with Crippen LogP contribution in [0.2, 0.25) is 0 Å². The molecule has 0 atom stereocenters. The number of methoxy groups -OCH3 is 2. The van der Waals surface area contributed by atoms with E-state index in [1.54, 1.807) is 0 Å². The van der Waals surface area contributed by atoms with Gasteiger partial charge in [0.2, 0.25) is 5.75 Å². The van der Waals surface area contributed by atoms with Crippen LogP contribution in [0, 0.1) is 0 Å². The highest BCUT2D eigenvalue weighted by atomic mass is 16.6. The molecule has 6 nitrogen and oxygen atoms in total. The van der Waals surface area contributed by atoms with Gasteiger partial charge in [0, 0.05) is 12.1 Å². The topological polar surface area (TPSA) is 77.4 Å². The Kier molecular flexibility index (Phi) is 5.51. The fraction of sp³-hybridized carbons (Fsp3) is 0.200. The molecule has 2 aromatic rings. The van der Waals surface area contributed by atoms with E-state index in [4.69, 9.17) is 28.9 Å². The molecule has 116 valence electrons. The average Bonchev–Trinajstić information content (AvgIpc) is 2.52. The third-order valence-electron chi connectivity index (χ3n) is 2.90. The molecule has 0 saturated carbocycles. The van der Waals surface area contributed by atoms with Crippen LogP contribution < -0.4 is 18.9 Å². The molecule has 0 radical (unpaired) electrons. The second kappa shape index (κ2) is 7.58. The third-order valence-corrected chi connectivity index (χ3v) is 2.90. The lowest BCUT2D eigenvalue weighted by Gasteiger charge is -2.16. The second-order valence-corrected chi connectivity index (χ2v) is 4.38. The highest BCUT2D eigenvalue weighted by molar-refractivity contribution is 6.33. The first-order valence-electron chi connectivity index (χ1n) is 6.59. The van der Waals surface area contributed by atoms with Crippen molar-refractivity contribution in [1.82, 2.24) is 0 Å². The Morgan fingerprint density at radius 2 is 1.64 bits per heavy atom. The zero-order valence-electron chi connectivity index (χ0n) is 12.4. The predicted octanol–water partition coefficient (Wildman–Crippen LogP) is 1.63. The minimum Gasteiger partial charge on any atom is -0.512 e. The smallest absolute Gasteiger partial charge is 0.512 e. The Morgan fingerprint density at radius 3 is 2.23 bits per heavy atom. The SMILES string of the molecule is COc1cc(OB(O)O)cc(OCc2ccccc2)c1OC. The second-order valence-electron chi connectivity index (χ2n) is 4.38. The van der Waals surface area contributed by atoms with Crippen molar-refractivity contribution in [1.29, 1.82) is 0 Å². The molecule has 2 rings (SSSR count). The van der Waals surface area contributed by atoms with Gasteiger partial charge in [-0.1, -0.05) is 30.3 Å². The highest BCUT2D eigenvalue weighted by Crippen LogP contribution is 2.41. The van der Waals surface area contributed by atoms with E-state index in [-0.39, 0.29) is 5.75 Å². The zero-order valence-corrected chi connectivity index (χ0v) is 12.4. The van der Waals surface area contributed by atoms with Crippen molar-refractivity contribution in [3.05, 3.63) is 48.0 Å². The van der Waals surface area contributed by atoms with Crippen LogP contribution in [0.15, 0.2) is 42.5 Å². The normalized spacial score (nSPS) is 10.0. The van der Waals surface area contributed by atoms with Gasteiger partial charge < -0.3 is 28.9 Å². The molecule has 0 aliphatic carbocycles. The molecule has 2 aromatic carbocycles. The molecule has 0 saturated heterocycles. The largest absolute Gasteiger partial charge is 0.707 e. The molecule has 0 fully saturated rings. The van der Waals surface area contributed by atoms with Gasteiger partial charge in [0.15, 0.2) is 11.5 Å². The summed E-state index contributed by atoms with van der Waals surface area (Å²) in [5.74, 6) is 1.33. The van der Waals surface area contributed by atoms with Crippen molar-refractivity contribution in [2.24, 2.45) is 0 Å². The molecule has 0 aromatic heterocycles. The molecule has 0 unspecified atom stereocenters. The lowest BCUT2D eigenvalue weighted by Crippen LogP contribution is -2.20. The van der Waals surface area contributed by atoms with E-state index in [9.17, 15) is 0 Å². The summed E-state index contributed by atoms with van der Waals surface area (Å²) in [4.78, 5) is 0. The van der Waals surface area contributed by atoms with Crippen molar-refractivity contribution < 1.29 is 28.9 Å². The van der Waals surface area contributed by atoms with Gasteiger partial charge in [-0.05, 0) is 5.56 Å². The molecule has 0 bridgehead atoms. The van der Waals surface area contributed by atoms with E-state index < -0.39 is 7.32 Å². The van der Waals surface area contributed by atoms with Crippen LogP contribution in [0.25, 0.3) is 0 Å². The number of ether oxygens (including phenoxy) is 3. The van der Waals surface area contributed by atoms with Crippen LogP contribution in [-0.2, 0) is 6.61 Å². The number of benzene rings is 2. The summed E-state index contributed by atoms with van der Waals surface area (Å²) in [5.41, 5.74) is 0.983. The summed E-state index contributed by atoms with van der Waals surface area (Å²) in [6, 6.07) is 12.6. The summed E-state index contributed by atoms with van der Waals surface area (Å²) in [6.45, 7) is 0.325. The van der Waals surface area contributed by atoms with E-state index in [0.717, 1.165) is 5.56 Å². The first-order valence-corrected chi connectivity index (χ1v) is 6.59. The Labute approximate surface area is 129 Å². The Bertz CT molecular complexity index is 602. The minimum absolute atomic E-state index is 0.190. The quantitative estimate of drug-likeness (QED) is 0.757. The van der Waals surface area contributed by atoms with Gasteiger partial charge in [-0.2, -0.15) is 0 Å². The number of rotatable bonds is 7. The average molecular weight is 304 g/mol. The fourth-order valence-corrected chi connectivity index (χ4v) is 1.94. The molecule has 0 aliphatic rings. The van der Waals surface area contributed by atoms with E-state index in [2.05, 4.69) is 0 Å². The number of hydrogen-bond donors (Lipinski definition) is 2. The summed E-state index contributed by atoms with van der Waals surface area (Å²) in [7, 11) is 1.03. The summed E-state index contributed by atoms with van der Waals surface area (Å²) in [5, 5.41) is 17.8. The van der Waals surface area contributed by atoms with Crippen molar-refractivity contribution in [3.8, 4) is 23.0 Å². The van der Waals surface area contributed by atoms with Crippen molar-refractivity contribution in [2.45, 2.75) is 6.61 Å². The predicted molar refractivity (Wildman–Crippen MR) is 81.1 cm³/mol. The van der Waals surface area contributed by atoms with Gasteiger partial charge in [0.1, 0.15) is 12.4 Å². The lowest BCUT2D eigenvalue weighted by atomic mass is 10.2. The van der Waals surface area contributed by atoms with Gasteiger partial charge in [-0.25, -0.2) is 0 Å². The monoisotopic (exact) mass is 304 g/mol. The molecular formula is C15H17BO6. The zero-order chi connectivity index (χ0) is 15.9. The summed E-state index contributed by atoms with van der Waals surface area (Å²) in [6.07, 6.45) is 0. The van der Waals surface area contributed by atoms with E-state index in [1.165, 1.54) is 26.4 Å². The van der Waals surface area contributed by atoms with Gasteiger partial charge in [-0.15, -0.1) is 0 Å². The van der Waals surface area contributed by atoms with Gasteiger partial charge >= 0.3 is 7.32 Å². The third kappa shape index (κ3) is 4.06. The molecule has 2 N–H and O–H groups in total. The Hall–Kier alpha value is -2.38.